The van der Waals surface area contributed by atoms with Gasteiger partial charge < -0.3 is 19.5 Å². The molecular weight excluding hydrogens is 506 g/mol. The Morgan fingerprint density at radius 2 is 1.45 bits per heavy atom. The van der Waals surface area contributed by atoms with E-state index < -0.39 is 18.0 Å². The molecule has 0 aliphatic carbocycles. The highest BCUT2D eigenvalue weighted by Gasteiger charge is 2.24. The van der Waals surface area contributed by atoms with E-state index in [1.54, 1.807) is 43.3 Å². The summed E-state index contributed by atoms with van der Waals surface area (Å²) in [4.78, 5) is 35.9. The summed E-state index contributed by atoms with van der Waals surface area (Å²) in [6.45, 7) is 1.92. The van der Waals surface area contributed by atoms with E-state index in [0.29, 0.717) is 40.3 Å². The first-order chi connectivity index (χ1) is 19.6. The number of nitrogens with zero attached hydrogens (tertiary/aromatic N) is 2. The van der Waals surface area contributed by atoms with E-state index in [0.717, 1.165) is 16.8 Å². The Morgan fingerprint density at radius 1 is 0.800 bits per heavy atom. The Hall–Kier alpha value is -5.24. The van der Waals surface area contributed by atoms with Crippen molar-refractivity contribution in [1.29, 1.82) is 0 Å². The van der Waals surface area contributed by atoms with Gasteiger partial charge in [0.15, 0.2) is 17.6 Å². The predicted molar refractivity (Wildman–Crippen MR) is 151 cm³/mol. The number of carbonyl (C=O) groups is 2. The Kier molecular flexibility index (Phi) is 6.80. The molecule has 5 aromatic rings. The van der Waals surface area contributed by atoms with Crippen LogP contribution in [-0.2, 0) is 9.53 Å². The summed E-state index contributed by atoms with van der Waals surface area (Å²) in [5.41, 5.74) is 5.30. The Morgan fingerprint density at radius 3 is 2.12 bits per heavy atom. The van der Waals surface area contributed by atoms with Crippen molar-refractivity contribution in [2.75, 3.05) is 12.1 Å². The summed E-state index contributed by atoms with van der Waals surface area (Å²) in [5.74, 6) is 0.103. The average molecular weight is 532 g/mol. The zero-order chi connectivity index (χ0) is 27.5. The second-order valence-corrected chi connectivity index (χ2v) is 9.22. The first kappa shape index (κ1) is 25.1. The largest absolute Gasteiger partial charge is 0.454 e. The summed E-state index contributed by atoms with van der Waals surface area (Å²) >= 11 is 0. The Bertz CT molecular complexity index is 1710. The van der Waals surface area contributed by atoms with Crippen molar-refractivity contribution in [2.45, 2.75) is 19.4 Å². The zero-order valence-electron chi connectivity index (χ0n) is 21.7. The lowest BCUT2D eigenvalue weighted by atomic mass is 10.0. The van der Waals surface area contributed by atoms with E-state index in [2.05, 4.69) is 5.32 Å². The fraction of sp³-hybridized carbons (Fsp3) is 0.125. The van der Waals surface area contributed by atoms with Gasteiger partial charge in [0.25, 0.3) is 5.91 Å². The number of hydrogen-bond acceptors (Lipinski definition) is 7. The molecule has 40 heavy (non-hydrogen) atoms. The van der Waals surface area contributed by atoms with Gasteiger partial charge in [0, 0.05) is 22.9 Å². The molecule has 1 amide bonds. The number of amides is 1. The van der Waals surface area contributed by atoms with Gasteiger partial charge in [-0.25, -0.2) is 14.8 Å². The normalized spacial score (nSPS) is 12.6. The van der Waals surface area contributed by atoms with Gasteiger partial charge in [-0.15, -0.1) is 0 Å². The van der Waals surface area contributed by atoms with Gasteiger partial charge in [0.2, 0.25) is 6.79 Å². The molecule has 0 bridgehead atoms. The molecule has 2 heterocycles. The van der Waals surface area contributed by atoms with Crippen molar-refractivity contribution < 1.29 is 23.8 Å². The Labute approximate surface area is 230 Å². The summed E-state index contributed by atoms with van der Waals surface area (Å²) in [6.07, 6.45) is -0.686. The highest BCUT2D eigenvalue weighted by molar-refractivity contribution is 5.99. The maximum absolute atomic E-state index is 13.1. The molecule has 198 valence electrons. The maximum Gasteiger partial charge on any atom is 0.338 e. The molecule has 1 aromatic heterocycles. The third-order valence-corrected chi connectivity index (χ3v) is 6.55. The van der Waals surface area contributed by atoms with Crippen LogP contribution in [0.5, 0.6) is 11.5 Å². The van der Waals surface area contributed by atoms with Crippen LogP contribution in [0, 0.1) is 0 Å². The summed E-state index contributed by atoms with van der Waals surface area (Å²) < 4.78 is 16.3. The molecule has 1 N–H and O–H groups in total. The molecule has 1 atom stereocenters. The molecule has 1 aliphatic heterocycles. The topological polar surface area (TPSA) is 99.6 Å². The SMILES string of the molecule is CCC(OC(=O)c1ccc2nc(-c3ccccc3)c(-c3ccccc3)nc2c1)C(=O)Nc1ccc2c(c1)OCO2. The van der Waals surface area contributed by atoms with E-state index in [-0.39, 0.29) is 12.4 Å². The molecule has 1 aliphatic rings. The lowest BCUT2D eigenvalue weighted by Crippen LogP contribution is -2.32. The molecule has 4 aromatic carbocycles. The number of esters is 1. The smallest absolute Gasteiger partial charge is 0.338 e. The number of rotatable bonds is 7. The highest BCUT2D eigenvalue weighted by atomic mass is 16.7. The van der Waals surface area contributed by atoms with Gasteiger partial charge in [0.1, 0.15) is 0 Å². The Balaban J connectivity index is 1.26. The minimum absolute atomic E-state index is 0.137. The van der Waals surface area contributed by atoms with Crippen LogP contribution in [0.2, 0.25) is 0 Å². The van der Waals surface area contributed by atoms with Gasteiger partial charge >= 0.3 is 5.97 Å². The first-order valence-corrected chi connectivity index (χ1v) is 12.9. The van der Waals surface area contributed by atoms with Gasteiger partial charge in [0.05, 0.1) is 28.0 Å². The third kappa shape index (κ3) is 5.07. The van der Waals surface area contributed by atoms with Crippen LogP contribution in [0.25, 0.3) is 33.5 Å². The number of hydrogen-bond donors (Lipinski definition) is 1. The standard InChI is InChI=1S/C32H25N3O5/c1-2-26(31(36)33-23-14-16-27-28(18-23)39-19-38-27)40-32(37)22-13-15-24-25(17-22)35-30(21-11-7-4-8-12-21)29(34-24)20-9-5-3-6-10-20/h3-18,26H,2,19H2,1H3,(H,33,36). The number of carbonyl (C=O) groups excluding carboxylic acids is 2. The van der Waals surface area contributed by atoms with Crippen molar-refractivity contribution in [3.8, 4) is 34.0 Å². The molecular formula is C32H25N3O5. The number of aromatic nitrogens is 2. The average Bonchev–Trinajstić information content (AvgIpc) is 3.47. The molecule has 8 heteroatoms. The molecule has 0 saturated heterocycles. The number of anilines is 1. The van der Waals surface area contributed by atoms with Crippen molar-refractivity contribution in [1.82, 2.24) is 9.97 Å². The van der Waals surface area contributed by atoms with Crippen LogP contribution in [0.1, 0.15) is 23.7 Å². The fourth-order valence-corrected chi connectivity index (χ4v) is 4.49. The molecule has 8 nitrogen and oxygen atoms in total. The maximum atomic E-state index is 13.1. The molecule has 0 saturated carbocycles. The molecule has 0 spiro atoms. The van der Waals surface area contributed by atoms with Crippen molar-refractivity contribution in [3.05, 3.63) is 103 Å². The number of benzene rings is 4. The lowest BCUT2D eigenvalue weighted by molar-refractivity contribution is -0.124. The number of nitrogens with one attached hydrogen (secondary N) is 1. The number of fused-ring (bicyclic) bond motifs is 2. The monoisotopic (exact) mass is 531 g/mol. The van der Waals surface area contributed by atoms with Crippen molar-refractivity contribution in [3.63, 3.8) is 0 Å². The predicted octanol–water partition coefficient (Wildman–Crippen LogP) is 6.27. The zero-order valence-corrected chi connectivity index (χ0v) is 21.7. The van der Waals surface area contributed by atoms with Gasteiger partial charge in [-0.3, -0.25) is 4.79 Å². The minimum Gasteiger partial charge on any atom is -0.454 e. The van der Waals surface area contributed by atoms with Crippen LogP contribution < -0.4 is 14.8 Å². The lowest BCUT2D eigenvalue weighted by Gasteiger charge is -2.16. The second kappa shape index (κ2) is 10.9. The van der Waals surface area contributed by atoms with E-state index in [9.17, 15) is 9.59 Å². The van der Waals surface area contributed by atoms with Crippen LogP contribution in [0.4, 0.5) is 5.69 Å². The first-order valence-electron chi connectivity index (χ1n) is 12.9. The summed E-state index contributed by atoms with van der Waals surface area (Å²) in [5, 5.41) is 2.78. The number of ether oxygens (including phenoxy) is 3. The second-order valence-electron chi connectivity index (χ2n) is 9.22. The minimum atomic E-state index is -0.986. The van der Waals surface area contributed by atoms with Gasteiger partial charge in [-0.05, 0) is 36.8 Å². The van der Waals surface area contributed by atoms with Gasteiger partial charge in [-0.1, -0.05) is 67.6 Å². The third-order valence-electron chi connectivity index (χ3n) is 6.55. The molecule has 1 unspecified atom stereocenters. The fourth-order valence-electron chi connectivity index (χ4n) is 4.49. The summed E-state index contributed by atoms with van der Waals surface area (Å²) in [6, 6.07) is 29.8. The van der Waals surface area contributed by atoms with Crippen molar-refractivity contribution in [2.24, 2.45) is 0 Å². The molecule has 0 radical (unpaired) electrons. The van der Waals surface area contributed by atoms with E-state index in [4.69, 9.17) is 24.2 Å². The van der Waals surface area contributed by atoms with E-state index >= 15 is 0 Å². The molecule has 0 fully saturated rings. The van der Waals surface area contributed by atoms with E-state index in [1.165, 1.54) is 0 Å². The van der Waals surface area contributed by atoms with Crippen molar-refractivity contribution >= 4 is 28.6 Å². The highest BCUT2D eigenvalue weighted by Crippen LogP contribution is 2.34. The van der Waals surface area contributed by atoms with Gasteiger partial charge in [-0.2, -0.15) is 0 Å². The molecule has 6 rings (SSSR count). The quantitative estimate of drug-likeness (QED) is 0.247. The van der Waals surface area contributed by atoms with Crippen LogP contribution in [0.15, 0.2) is 97.1 Å². The van der Waals surface area contributed by atoms with Crippen LogP contribution in [0.3, 0.4) is 0 Å². The van der Waals surface area contributed by atoms with Crippen LogP contribution >= 0.6 is 0 Å². The summed E-state index contributed by atoms with van der Waals surface area (Å²) in [7, 11) is 0. The van der Waals surface area contributed by atoms with E-state index in [1.807, 2.05) is 60.7 Å². The van der Waals surface area contributed by atoms with Crippen LogP contribution in [-0.4, -0.2) is 34.7 Å².